The molecular formula is C11H12ClN7. The monoisotopic (exact) mass is 277 g/mol. The second-order valence-corrected chi connectivity index (χ2v) is 4.48. The van der Waals surface area contributed by atoms with E-state index in [-0.39, 0.29) is 0 Å². The first kappa shape index (κ1) is 11.9. The third-order valence-corrected chi connectivity index (χ3v) is 2.86. The molecule has 0 spiro atoms. The van der Waals surface area contributed by atoms with E-state index in [1.807, 2.05) is 6.07 Å². The molecular weight excluding hydrogens is 266 g/mol. The van der Waals surface area contributed by atoms with Crippen LogP contribution < -0.4 is 5.32 Å². The number of hydrogen-bond acceptors (Lipinski definition) is 5. The number of rotatable bonds is 5. The van der Waals surface area contributed by atoms with E-state index in [0.29, 0.717) is 11.0 Å². The maximum Gasteiger partial charge on any atom is 0.243 e. The maximum absolute atomic E-state index is 5.89. The average Bonchev–Trinajstić information content (AvgIpc) is 3.02. The van der Waals surface area contributed by atoms with E-state index in [1.165, 1.54) is 6.33 Å². The predicted octanol–water partition coefficient (Wildman–Crippen LogP) is 1.55. The van der Waals surface area contributed by atoms with Crippen LogP contribution in [-0.4, -0.2) is 36.3 Å². The summed E-state index contributed by atoms with van der Waals surface area (Å²) in [5, 5.41) is 14.7. The molecule has 0 aliphatic rings. The van der Waals surface area contributed by atoms with Crippen molar-refractivity contribution in [3.05, 3.63) is 35.5 Å². The number of anilines is 1. The summed E-state index contributed by atoms with van der Waals surface area (Å²) in [5.74, 6) is 1.48. The minimum Gasteiger partial charge on any atom is -0.353 e. The van der Waals surface area contributed by atoms with Crippen molar-refractivity contribution in [2.24, 2.45) is 0 Å². The van der Waals surface area contributed by atoms with Crippen molar-refractivity contribution in [2.45, 2.75) is 12.8 Å². The van der Waals surface area contributed by atoms with Gasteiger partial charge in [-0.25, -0.2) is 9.50 Å². The largest absolute Gasteiger partial charge is 0.353 e. The van der Waals surface area contributed by atoms with Gasteiger partial charge in [-0.1, -0.05) is 11.6 Å². The minimum atomic E-state index is 0.597. The first-order valence-electron chi connectivity index (χ1n) is 5.91. The zero-order chi connectivity index (χ0) is 13.1. The summed E-state index contributed by atoms with van der Waals surface area (Å²) in [5.41, 5.74) is 0.766. The van der Waals surface area contributed by atoms with Crippen LogP contribution in [0.1, 0.15) is 12.2 Å². The fourth-order valence-electron chi connectivity index (χ4n) is 1.74. The molecule has 7 nitrogen and oxygen atoms in total. The third kappa shape index (κ3) is 2.82. The zero-order valence-corrected chi connectivity index (χ0v) is 10.8. The standard InChI is InChI=1S/C11H12ClN7/c12-8-3-4-10-16-11(18-19(10)6-8)13-5-1-2-9-14-7-15-17-9/h3-4,6-7H,1-2,5H2,(H,13,18)(H,14,15,17). The molecule has 3 rings (SSSR count). The summed E-state index contributed by atoms with van der Waals surface area (Å²) < 4.78 is 1.65. The molecule has 0 atom stereocenters. The molecule has 19 heavy (non-hydrogen) atoms. The molecule has 0 amide bonds. The highest BCUT2D eigenvalue weighted by molar-refractivity contribution is 6.30. The highest BCUT2D eigenvalue weighted by atomic mass is 35.5. The molecule has 3 aromatic heterocycles. The van der Waals surface area contributed by atoms with Crippen molar-refractivity contribution in [3.63, 3.8) is 0 Å². The van der Waals surface area contributed by atoms with Gasteiger partial charge in [0.25, 0.3) is 0 Å². The highest BCUT2D eigenvalue weighted by Crippen LogP contribution is 2.11. The second kappa shape index (κ2) is 5.23. The van der Waals surface area contributed by atoms with Crippen LogP contribution in [0.15, 0.2) is 24.7 Å². The summed E-state index contributed by atoms with van der Waals surface area (Å²) in [6.07, 6.45) is 5.00. The van der Waals surface area contributed by atoms with Gasteiger partial charge in [-0.15, -0.1) is 5.10 Å². The molecule has 3 aromatic rings. The van der Waals surface area contributed by atoms with E-state index in [4.69, 9.17) is 11.6 Å². The number of aromatic amines is 1. The van der Waals surface area contributed by atoms with Gasteiger partial charge in [0, 0.05) is 19.2 Å². The molecule has 0 aliphatic heterocycles. The summed E-state index contributed by atoms with van der Waals surface area (Å²) >= 11 is 5.89. The summed E-state index contributed by atoms with van der Waals surface area (Å²) in [4.78, 5) is 8.40. The Morgan fingerprint density at radius 1 is 1.37 bits per heavy atom. The molecule has 0 aliphatic carbocycles. The van der Waals surface area contributed by atoms with Crippen molar-refractivity contribution in [1.82, 2.24) is 29.8 Å². The Labute approximate surface area is 114 Å². The molecule has 0 radical (unpaired) electrons. The van der Waals surface area contributed by atoms with E-state index < -0.39 is 0 Å². The summed E-state index contributed by atoms with van der Waals surface area (Å²) in [7, 11) is 0. The van der Waals surface area contributed by atoms with Gasteiger partial charge in [-0.2, -0.15) is 10.1 Å². The van der Waals surface area contributed by atoms with Gasteiger partial charge in [-0.05, 0) is 18.6 Å². The van der Waals surface area contributed by atoms with Crippen molar-refractivity contribution >= 4 is 23.2 Å². The van der Waals surface area contributed by atoms with Gasteiger partial charge in [0.05, 0.1) is 5.02 Å². The van der Waals surface area contributed by atoms with Gasteiger partial charge in [0.1, 0.15) is 12.2 Å². The van der Waals surface area contributed by atoms with Crippen molar-refractivity contribution < 1.29 is 0 Å². The number of hydrogen-bond donors (Lipinski definition) is 2. The quantitative estimate of drug-likeness (QED) is 0.691. The lowest BCUT2D eigenvalue weighted by atomic mass is 10.3. The van der Waals surface area contributed by atoms with Crippen LogP contribution in [0.4, 0.5) is 5.95 Å². The van der Waals surface area contributed by atoms with Gasteiger partial charge >= 0.3 is 0 Å². The molecule has 0 unspecified atom stereocenters. The van der Waals surface area contributed by atoms with E-state index in [1.54, 1.807) is 16.8 Å². The molecule has 0 fully saturated rings. The Morgan fingerprint density at radius 3 is 3.16 bits per heavy atom. The molecule has 8 heteroatoms. The van der Waals surface area contributed by atoms with Gasteiger partial charge in [-0.3, -0.25) is 5.10 Å². The summed E-state index contributed by atoms with van der Waals surface area (Å²) in [6, 6.07) is 3.62. The molecule has 2 N–H and O–H groups in total. The van der Waals surface area contributed by atoms with E-state index >= 15 is 0 Å². The van der Waals surface area contributed by atoms with Crippen molar-refractivity contribution in [3.8, 4) is 0 Å². The Balaban J connectivity index is 1.56. The van der Waals surface area contributed by atoms with Crippen LogP contribution in [0.25, 0.3) is 5.65 Å². The molecule has 98 valence electrons. The number of H-pyrrole nitrogens is 1. The smallest absolute Gasteiger partial charge is 0.243 e. The molecule has 0 aromatic carbocycles. The number of nitrogens with one attached hydrogen (secondary N) is 2. The molecule has 0 saturated heterocycles. The number of fused-ring (bicyclic) bond motifs is 1. The number of aromatic nitrogens is 6. The topological polar surface area (TPSA) is 83.8 Å². The Hall–Kier alpha value is -2.15. The van der Waals surface area contributed by atoms with Crippen LogP contribution in [-0.2, 0) is 6.42 Å². The van der Waals surface area contributed by atoms with Gasteiger partial charge in [0.2, 0.25) is 5.95 Å². The lowest BCUT2D eigenvalue weighted by molar-refractivity contribution is 0.799. The fourth-order valence-corrected chi connectivity index (χ4v) is 1.90. The average molecular weight is 278 g/mol. The number of pyridine rings is 1. The highest BCUT2D eigenvalue weighted by Gasteiger charge is 2.03. The normalized spacial score (nSPS) is 11.0. The Kier molecular flexibility index (Phi) is 3.28. The maximum atomic E-state index is 5.89. The molecule has 3 heterocycles. The second-order valence-electron chi connectivity index (χ2n) is 4.05. The van der Waals surface area contributed by atoms with Crippen LogP contribution in [0.3, 0.4) is 0 Å². The van der Waals surface area contributed by atoms with E-state index in [0.717, 1.165) is 30.9 Å². The SMILES string of the molecule is Clc1ccc2nc(NCCCc3ncn[nH]3)nn2c1. The van der Waals surface area contributed by atoms with Gasteiger partial charge in [0.15, 0.2) is 5.65 Å². The number of nitrogens with zero attached hydrogens (tertiary/aromatic N) is 5. The molecule has 0 bridgehead atoms. The Morgan fingerprint density at radius 2 is 2.32 bits per heavy atom. The zero-order valence-electron chi connectivity index (χ0n) is 10.0. The lowest BCUT2D eigenvalue weighted by Crippen LogP contribution is -2.05. The summed E-state index contributed by atoms with van der Waals surface area (Å²) in [6.45, 7) is 0.769. The third-order valence-electron chi connectivity index (χ3n) is 2.63. The Bertz CT molecular complexity index is 661. The van der Waals surface area contributed by atoms with Crippen molar-refractivity contribution in [1.29, 1.82) is 0 Å². The lowest BCUT2D eigenvalue weighted by Gasteiger charge is -1.99. The predicted molar refractivity (Wildman–Crippen MR) is 71.2 cm³/mol. The van der Waals surface area contributed by atoms with E-state index in [9.17, 15) is 0 Å². The molecule has 0 saturated carbocycles. The van der Waals surface area contributed by atoms with Crippen LogP contribution in [0.5, 0.6) is 0 Å². The first-order chi connectivity index (χ1) is 9.31. The number of aryl methyl sites for hydroxylation is 1. The van der Waals surface area contributed by atoms with E-state index in [2.05, 4.69) is 30.6 Å². The van der Waals surface area contributed by atoms with Crippen LogP contribution in [0.2, 0.25) is 5.02 Å². The van der Waals surface area contributed by atoms with Crippen LogP contribution in [0, 0.1) is 0 Å². The number of halogens is 1. The van der Waals surface area contributed by atoms with Gasteiger partial charge < -0.3 is 5.32 Å². The minimum absolute atomic E-state index is 0.597. The fraction of sp³-hybridized carbons (Fsp3) is 0.273. The van der Waals surface area contributed by atoms with Crippen molar-refractivity contribution in [2.75, 3.05) is 11.9 Å². The first-order valence-corrected chi connectivity index (χ1v) is 6.29. The van der Waals surface area contributed by atoms with Crippen LogP contribution >= 0.6 is 11.6 Å².